The molecule has 11 rings (SSSR count). The predicted octanol–water partition coefficient (Wildman–Crippen LogP) is 14.2. The van der Waals surface area contributed by atoms with Gasteiger partial charge in [-0.05, 0) is 0 Å². The Kier molecular flexibility index (Phi) is 8.13. The van der Waals surface area contributed by atoms with Gasteiger partial charge in [0.2, 0.25) is 0 Å². The Balaban J connectivity index is 1.29. The summed E-state index contributed by atoms with van der Waals surface area (Å²) in [5.74, 6) is 5.47. The molecule has 0 saturated heterocycles. The van der Waals surface area contributed by atoms with E-state index in [1.54, 1.807) is 8.61 Å². The molecule has 6 aromatic rings. The Morgan fingerprint density at radius 1 is 0.393 bits per heavy atom. The molecule has 0 N–H and O–H groups in total. The van der Waals surface area contributed by atoms with E-state index >= 15 is 0 Å². The molecule has 0 bridgehead atoms. The van der Waals surface area contributed by atoms with Gasteiger partial charge in [-0.15, -0.1) is 0 Å². The number of nitrogens with zero attached hydrogens (tertiary/aromatic N) is 4. The van der Waals surface area contributed by atoms with Crippen molar-refractivity contribution in [1.82, 2.24) is 0 Å². The van der Waals surface area contributed by atoms with Gasteiger partial charge in [-0.2, -0.15) is 0 Å². The molecule has 61 heavy (non-hydrogen) atoms. The molecule has 0 atom stereocenters. The van der Waals surface area contributed by atoms with Gasteiger partial charge in [-0.25, -0.2) is 0 Å². The monoisotopic (exact) mass is 856 g/mol. The Morgan fingerprint density at radius 2 is 0.721 bits per heavy atom. The van der Waals surface area contributed by atoms with E-state index in [9.17, 15) is 0 Å². The first-order valence-corrected chi connectivity index (χ1v) is 28.6. The van der Waals surface area contributed by atoms with Crippen molar-refractivity contribution < 1.29 is 0 Å². The fraction of sp³-hybridized carbons (Fsp3) is 0.259. The van der Waals surface area contributed by atoms with Crippen molar-refractivity contribution in [3.63, 3.8) is 0 Å². The maximum atomic E-state index is 2.75. The second kappa shape index (κ2) is 12.9. The summed E-state index contributed by atoms with van der Waals surface area (Å²) in [6.45, 7) is 23.3. The SMILES string of the molecule is Cc1cc2c(cc1C)N1B([C]3=C(C4=[C](B5N(c6ccccc6)c6cc(C)c(C)cc6N5c5ccc(C(C)(C)C)cc54)[Ge]3([CH3])[CH3])c3cc(C(C)(C)C)ccc31)N2c1ccccc1. The second-order valence-corrected chi connectivity index (χ2v) is 30.0. The van der Waals surface area contributed by atoms with Crippen LogP contribution in [0.15, 0.2) is 130 Å². The van der Waals surface area contributed by atoms with Crippen LogP contribution in [-0.4, -0.2) is 27.2 Å². The summed E-state index contributed by atoms with van der Waals surface area (Å²) in [6.07, 6.45) is 0. The Morgan fingerprint density at radius 3 is 1.05 bits per heavy atom. The van der Waals surface area contributed by atoms with E-state index in [0.717, 1.165) is 0 Å². The van der Waals surface area contributed by atoms with Gasteiger partial charge in [-0.1, -0.05) is 0 Å². The molecule has 0 aromatic heterocycles. The van der Waals surface area contributed by atoms with Crippen LogP contribution in [0.2, 0.25) is 11.5 Å². The Bertz CT molecular complexity index is 2740. The van der Waals surface area contributed by atoms with Gasteiger partial charge in [0.05, 0.1) is 0 Å². The van der Waals surface area contributed by atoms with E-state index in [4.69, 9.17) is 0 Å². The number of allylic oxidation sites excluding steroid dienone is 2. The van der Waals surface area contributed by atoms with Crippen LogP contribution in [-0.2, 0) is 10.8 Å². The number of aryl methyl sites for hydroxylation is 4. The van der Waals surface area contributed by atoms with Crippen LogP contribution in [0.1, 0.15) is 86.1 Å². The number of hydrogen-bond donors (Lipinski definition) is 0. The number of anilines is 8. The molecular weight excluding hydrogens is 799 g/mol. The van der Waals surface area contributed by atoms with Gasteiger partial charge in [0.25, 0.3) is 0 Å². The number of benzene rings is 6. The standard InChI is InChI=1S/C54H56B2GeN4/c1-33-27-45-47(29-35(33)3)60-43-25-23-37(53(5,6)7)31-41(43)49-50-42-32-38(54(8,9)10)24-26-44(42)61-48-30-36(4)34(2)28-46(48)59(40-21-17-14-18-22-40)56(61)52(50)57(11,12)51(49)55(60)58(45)39-19-15-13-16-20-39/h13-32H,1-12H3. The summed E-state index contributed by atoms with van der Waals surface area (Å²) in [5, 5.41) is 0. The predicted molar refractivity (Wildman–Crippen MR) is 266 cm³/mol. The summed E-state index contributed by atoms with van der Waals surface area (Å²) in [7, 11) is 0. The minimum absolute atomic E-state index is 0.00308. The molecule has 0 saturated carbocycles. The van der Waals surface area contributed by atoms with Gasteiger partial charge < -0.3 is 0 Å². The third-order valence-electron chi connectivity index (χ3n) is 14.7. The van der Waals surface area contributed by atoms with Crippen LogP contribution in [0, 0.1) is 27.7 Å². The average molecular weight is 855 g/mol. The second-order valence-electron chi connectivity index (χ2n) is 20.9. The summed E-state index contributed by atoms with van der Waals surface area (Å²) in [4.78, 5) is 10.9. The van der Waals surface area contributed by atoms with Crippen molar-refractivity contribution in [3.05, 3.63) is 174 Å². The Labute approximate surface area is 367 Å². The molecule has 5 aliphatic rings. The normalized spacial score (nSPS) is 17.0. The van der Waals surface area contributed by atoms with E-state index in [0.29, 0.717) is 0 Å². The third-order valence-corrected chi connectivity index (χ3v) is 22.5. The van der Waals surface area contributed by atoms with Gasteiger partial charge in [0, 0.05) is 0 Å². The van der Waals surface area contributed by atoms with Crippen LogP contribution in [0.3, 0.4) is 0 Å². The minimum atomic E-state index is -3.36. The summed E-state index contributed by atoms with van der Waals surface area (Å²) < 4.78 is 3.31. The molecule has 4 nitrogen and oxygen atoms in total. The quantitative estimate of drug-likeness (QED) is 0.161. The molecule has 0 unspecified atom stereocenters. The van der Waals surface area contributed by atoms with E-state index in [1.807, 2.05) is 0 Å². The molecule has 0 amide bonds. The first kappa shape index (κ1) is 38.6. The fourth-order valence-electron chi connectivity index (χ4n) is 11.2. The zero-order valence-corrected chi connectivity index (χ0v) is 40.1. The molecule has 302 valence electrons. The van der Waals surface area contributed by atoms with Gasteiger partial charge in [0.15, 0.2) is 0 Å². The molecule has 0 fully saturated rings. The number of rotatable bonds is 2. The molecule has 7 heteroatoms. The van der Waals surface area contributed by atoms with Crippen LogP contribution >= 0.6 is 0 Å². The fourth-order valence-corrected chi connectivity index (χ4v) is 19.3. The zero-order valence-electron chi connectivity index (χ0n) is 38.0. The summed E-state index contributed by atoms with van der Waals surface area (Å²) >= 11 is -3.36. The van der Waals surface area contributed by atoms with Crippen molar-refractivity contribution >= 4 is 83.9 Å². The average Bonchev–Trinajstić information content (AvgIpc) is 3.80. The van der Waals surface area contributed by atoms with Crippen molar-refractivity contribution in [2.75, 3.05) is 19.2 Å². The molecule has 0 spiro atoms. The molecule has 5 heterocycles. The zero-order chi connectivity index (χ0) is 42.7. The molecule has 0 radical (unpaired) electrons. The van der Waals surface area contributed by atoms with Crippen LogP contribution in [0.4, 0.5) is 45.5 Å². The van der Waals surface area contributed by atoms with E-state index in [2.05, 4.69) is 221 Å². The summed E-state index contributed by atoms with van der Waals surface area (Å²) in [6, 6.07) is 47.3. The Hall–Kier alpha value is -5.33. The van der Waals surface area contributed by atoms with Crippen LogP contribution in [0.5, 0.6) is 0 Å². The third kappa shape index (κ3) is 5.33. The van der Waals surface area contributed by atoms with E-state index in [1.165, 1.54) is 101 Å². The number of hydrogen-bond acceptors (Lipinski definition) is 4. The van der Waals surface area contributed by atoms with Crippen molar-refractivity contribution in [1.29, 1.82) is 0 Å². The molecule has 0 aliphatic carbocycles. The topological polar surface area (TPSA) is 13.0 Å². The molecular formula is C54H56B2GeN4. The van der Waals surface area contributed by atoms with Crippen molar-refractivity contribution in [2.45, 2.75) is 91.6 Å². The number of para-hydroxylation sites is 2. The van der Waals surface area contributed by atoms with Gasteiger partial charge in [-0.3, -0.25) is 0 Å². The van der Waals surface area contributed by atoms with E-state index in [-0.39, 0.29) is 24.8 Å². The van der Waals surface area contributed by atoms with Crippen LogP contribution in [0.25, 0.3) is 11.1 Å². The number of fused-ring (bicyclic) bond motifs is 15. The van der Waals surface area contributed by atoms with E-state index < -0.39 is 13.3 Å². The molecule has 6 aromatic carbocycles. The summed E-state index contributed by atoms with van der Waals surface area (Å²) in [5.41, 5.74) is 24.1. The first-order valence-electron chi connectivity index (χ1n) is 22.3. The van der Waals surface area contributed by atoms with Crippen molar-refractivity contribution in [2.24, 2.45) is 0 Å². The van der Waals surface area contributed by atoms with Crippen LogP contribution < -0.4 is 19.2 Å². The van der Waals surface area contributed by atoms with Gasteiger partial charge >= 0.3 is 369 Å². The maximum absolute atomic E-state index is 3.36. The van der Waals surface area contributed by atoms with Gasteiger partial charge in [0.1, 0.15) is 0 Å². The van der Waals surface area contributed by atoms with Crippen molar-refractivity contribution in [3.8, 4) is 0 Å². The molecule has 5 aliphatic heterocycles. The first-order chi connectivity index (χ1) is 29.0.